The van der Waals surface area contributed by atoms with Gasteiger partial charge in [0.25, 0.3) is 0 Å². The van der Waals surface area contributed by atoms with Crippen molar-refractivity contribution < 1.29 is 49.3 Å². The van der Waals surface area contributed by atoms with Gasteiger partial charge in [-0.2, -0.15) is 0 Å². The van der Waals surface area contributed by atoms with Crippen molar-refractivity contribution in [1.29, 1.82) is 0 Å². The van der Waals surface area contributed by atoms with E-state index < -0.39 is 67.4 Å². The number of aliphatic hydroxyl groups is 5. The van der Waals surface area contributed by atoms with Gasteiger partial charge in [0.1, 0.15) is 24.4 Å². The largest absolute Gasteiger partial charge is 0.454 e. The number of hydrogen-bond acceptors (Lipinski definition) is 10. The third kappa shape index (κ3) is 56.2. The number of allylic oxidation sites excluding steroid dienone is 23. The third-order valence-corrected chi connectivity index (χ3v) is 17.2. The SMILES string of the molecule is CC/C=C\C/C=C\C/C=C\C/C=C\C/C=C\C/C=C\CCCCCCCCCCC(=O)OC1C(OCC(NC(=O)C(O)CCCCCCCCCCCC/C=C\C/C=C\C/C=C\C/C=C\C/C=C\CC)C(O)/C=C/CCCCCCCCCCCCC)OC(CO)C(O)C1O. The lowest BCUT2D eigenvalue weighted by Crippen LogP contribution is -2.61. The lowest BCUT2D eigenvalue weighted by Gasteiger charge is -2.41. The molecule has 542 valence electrons. The van der Waals surface area contributed by atoms with Crippen molar-refractivity contribution in [2.45, 2.75) is 359 Å². The molecule has 1 aliphatic heterocycles. The zero-order valence-corrected chi connectivity index (χ0v) is 60.5. The summed E-state index contributed by atoms with van der Waals surface area (Å²) in [6.45, 7) is 5.58. The van der Waals surface area contributed by atoms with Gasteiger partial charge in [-0.3, -0.25) is 9.59 Å². The second-order valence-corrected chi connectivity index (χ2v) is 26.0. The van der Waals surface area contributed by atoms with E-state index in [-0.39, 0.29) is 19.4 Å². The lowest BCUT2D eigenvalue weighted by atomic mass is 9.99. The Kier molecular flexibility index (Phi) is 64.7. The molecule has 0 aliphatic carbocycles. The number of carbonyl (C=O) groups excluding carboxylic acids is 2. The monoisotopic (exact) mass is 1320 g/mol. The fourth-order valence-corrected chi connectivity index (χ4v) is 11.3. The standard InChI is InChI=1S/C84H141NO10/c1-4-7-10-13-16-19-22-25-27-29-31-33-35-37-39-41-43-45-47-49-51-54-57-60-63-66-69-72-79(89)95-82-81(91)80(90)78(73-86)94-84(82)93-74-75(76(87)70-67-64-61-58-55-52-24-21-18-15-12-9-6-3)85-83(92)77(88)71-68-65-62-59-56-53-50-48-46-44-42-40-38-36-34-32-30-28-26-23-20-17-14-11-8-5-2/h7-8,10-11,16-17,19-20,25-28,31-34,37-40,43,45,67,70,75-78,80-82,84,86-88,90-91H,4-6,9,12-15,18,21-24,29-30,35-36,41-42,44,46-66,68-69,71-74H2,1-3H3,(H,85,92)/b10-7-,11-8-,19-16-,20-17-,27-25-,28-26-,33-31-,34-32-,39-37-,40-38-,45-43-,70-67+. The zero-order chi connectivity index (χ0) is 68.8. The molecule has 0 radical (unpaired) electrons. The highest BCUT2D eigenvalue weighted by molar-refractivity contribution is 5.80. The van der Waals surface area contributed by atoms with Gasteiger partial charge >= 0.3 is 5.97 Å². The predicted octanol–water partition coefficient (Wildman–Crippen LogP) is 20.8. The van der Waals surface area contributed by atoms with Gasteiger partial charge in [-0.25, -0.2) is 0 Å². The minimum Gasteiger partial charge on any atom is -0.454 e. The van der Waals surface area contributed by atoms with Crippen LogP contribution < -0.4 is 5.32 Å². The van der Waals surface area contributed by atoms with Crippen LogP contribution >= 0.6 is 0 Å². The van der Waals surface area contributed by atoms with E-state index in [1.807, 2.05) is 6.08 Å². The number of ether oxygens (including phenoxy) is 3. The van der Waals surface area contributed by atoms with Crippen LogP contribution in [-0.2, 0) is 23.8 Å². The molecule has 0 aromatic heterocycles. The summed E-state index contributed by atoms with van der Waals surface area (Å²) in [6, 6.07) is -1.04. The van der Waals surface area contributed by atoms with Crippen LogP contribution in [0.15, 0.2) is 146 Å². The Morgan fingerprint density at radius 3 is 1.14 bits per heavy atom. The smallest absolute Gasteiger partial charge is 0.306 e. The first-order chi connectivity index (χ1) is 46.7. The van der Waals surface area contributed by atoms with E-state index in [1.54, 1.807) is 6.08 Å². The number of rotatable bonds is 65. The van der Waals surface area contributed by atoms with Crippen LogP contribution in [0, 0.1) is 0 Å². The van der Waals surface area contributed by atoms with E-state index in [1.165, 1.54) is 116 Å². The first-order valence-corrected chi connectivity index (χ1v) is 38.6. The van der Waals surface area contributed by atoms with Gasteiger partial charge in [0.05, 0.1) is 25.4 Å². The molecular weight excluding hydrogens is 1180 g/mol. The van der Waals surface area contributed by atoms with E-state index in [2.05, 4.69) is 160 Å². The maximum absolute atomic E-state index is 13.5. The van der Waals surface area contributed by atoms with Crippen LogP contribution in [0.2, 0.25) is 0 Å². The topological polar surface area (TPSA) is 175 Å². The molecule has 0 aromatic rings. The summed E-state index contributed by atoms with van der Waals surface area (Å²) >= 11 is 0. The minimum absolute atomic E-state index is 0.106. The molecule has 1 heterocycles. The molecule has 11 heteroatoms. The number of hydrogen-bond donors (Lipinski definition) is 6. The number of unbranched alkanes of at least 4 members (excludes halogenated alkanes) is 29. The van der Waals surface area contributed by atoms with E-state index in [0.29, 0.717) is 12.8 Å². The van der Waals surface area contributed by atoms with Crippen LogP contribution in [0.3, 0.4) is 0 Å². The zero-order valence-electron chi connectivity index (χ0n) is 60.5. The van der Waals surface area contributed by atoms with Gasteiger partial charge in [-0.15, -0.1) is 0 Å². The Hall–Kier alpha value is -4.46. The molecule has 0 saturated carbocycles. The minimum atomic E-state index is -1.63. The van der Waals surface area contributed by atoms with Crippen molar-refractivity contribution in [3.8, 4) is 0 Å². The first kappa shape index (κ1) is 88.6. The maximum Gasteiger partial charge on any atom is 0.306 e. The Labute approximate surface area is 581 Å². The average molecular weight is 1330 g/mol. The fraction of sp³-hybridized carbons (Fsp3) is 0.690. The number of amides is 1. The molecule has 8 unspecified atom stereocenters. The molecule has 1 aliphatic rings. The van der Waals surface area contributed by atoms with Gasteiger partial charge in [0.15, 0.2) is 12.4 Å². The molecule has 6 N–H and O–H groups in total. The van der Waals surface area contributed by atoms with Gasteiger partial charge < -0.3 is 45.1 Å². The fourth-order valence-electron chi connectivity index (χ4n) is 11.3. The van der Waals surface area contributed by atoms with Crippen molar-refractivity contribution in [2.24, 2.45) is 0 Å². The van der Waals surface area contributed by atoms with E-state index in [9.17, 15) is 35.1 Å². The van der Waals surface area contributed by atoms with Crippen LogP contribution in [0.5, 0.6) is 0 Å². The third-order valence-electron chi connectivity index (χ3n) is 17.2. The van der Waals surface area contributed by atoms with E-state index >= 15 is 0 Å². The lowest BCUT2D eigenvalue weighted by molar-refractivity contribution is -0.305. The summed E-state index contributed by atoms with van der Waals surface area (Å²) in [5, 5.41) is 57.4. The van der Waals surface area contributed by atoms with Gasteiger partial charge in [0.2, 0.25) is 5.91 Å². The summed E-state index contributed by atoms with van der Waals surface area (Å²) in [4.78, 5) is 26.8. The summed E-state index contributed by atoms with van der Waals surface area (Å²) in [5.41, 5.74) is 0. The van der Waals surface area contributed by atoms with Gasteiger partial charge in [-0.05, 0) is 122 Å². The Morgan fingerprint density at radius 1 is 0.421 bits per heavy atom. The van der Waals surface area contributed by atoms with Crippen LogP contribution in [-0.4, -0.2) is 99.6 Å². The van der Waals surface area contributed by atoms with E-state index in [4.69, 9.17) is 14.2 Å². The Bertz CT molecular complexity index is 2110. The molecular formula is C84H141NO10. The van der Waals surface area contributed by atoms with Crippen molar-refractivity contribution in [3.63, 3.8) is 0 Å². The highest BCUT2D eigenvalue weighted by Gasteiger charge is 2.47. The molecule has 8 atom stereocenters. The van der Waals surface area contributed by atoms with Gasteiger partial charge in [-0.1, -0.05) is 327 Å². The molecule has 1 fully saturated rings. The number of nitrogens with one attached hydrogen (secondary N) is 1. The van der Waals surface area contributed by atoms with Crippen molar-refractivity contribution >= 4 is 11.9 Å². The van der Waals surface area contributed by atoms with Crippen molar-refractivity contribution in [3.05, 3.63) is 146 Å². The molecule has 11 nitrogen and oxygen atoms in total. The summed E-state index contributed by atoms with van der Waals surface area (Å²) in [5.74, 6) is -1.21. The first-order valence-electron chi connectivity index (χ1n) is 38.6. The molecule has 1 rings (SSSR count). The average Bonchev–Trinajstić information content (AvgIpc) is 0.823. The normalized spacial score (nSPS) is 18.6. The highest BCUT2D eigenvalue weighted by atomic mass is 16.7. The Balaban J connectivity index is 2.56. The second kappa shape index (κ2) is 69.4. The molecule has 0 aromatic carbocycles. The highest BCUT2D eigenvalue weighted by Crippen LogP contribution is 2.26. The van der Waals surface area contributed by atoms with Gasteiger partial charge in [0, 0.05) is 6.42 Å². The quantitative estimate of drug-likeness (QED) is 0.0195. The second-order valence-electron chi connectivity index (χ2n) is 26.0. The number of esters is 1. The molecule has 95 heavy (non-hydrogen) atoms. The summed E-state index contributed by atoms with van der Waals surface area (Å²) in [6.07, 6.45) is 90.2. The summed E-state index contributed by atoms with van der Waals surface area (Å²) in [7, 11) is 0. The van der Waals surface area contributed by atoms with Crippen LogP contribution in [0.4, 0.5) is 0 Å². The summed E-state index contributed by atoms with van der Waals surface area (Å²) < 4.78 is 17.7. The van der Waals surface area contributed by atoms with E-state index in [0.717, 1.165) is 148 Å². The van der Waals surface area contributed by atoms with Crippen LogP contribution in [0.25, 0.3) is 0 Å². The number of carbonyl (C=O) groups is 2. The molecule has 1 amide bonds. The predicted molar refractivity (Wildman–Crippen MR) is 402 cm³/mol. The number of aliphatic hydroxyl groups excluding tert-OH is 5. The van der Waals surface area contributed by atoms with Crippen molar-refractivity contribution in [1.82, 2.24) is 5.32 Å². The molecule has 1 saturated heterocycles. The van der Waals surface area contributed by atoms with Crippen molar-refractivity contribution in [2.75, 3.05) is 13.2 Å². The Morgan fingerprint density at radius 2 is 0.758 bits per heavy atom. The van der Waals surface area contributed by atoms with Crippen LogP contribution in [0.1, 0.15) is 310 Å². The molecule has 0 spiro atoms. The maximum atomic E-state index is 13.5. The molecule has 0 bridgehead atoms.